The molecule has 0 radical (unpaired) electrons. The molecule has 2 aromatic heterocycles. The van der Waals surface area contributed by atoms with E-state index in [0.717, 1.165) is 27.2 Å². The Hall–Kier alpha value is -5.83. The molecule has 0 saturated carbocycles. The van der Waals surface area contributed by atoms with E-state index in [4.69, 9.17) is 9.47 Å². The van der Waals surface area contributed by atoms with E-state index in [9.17, 15) is 27.2 Å². The van der Waals surface area contributed by atoms with Gasteiger partial charge in [-0.2, -0.15) is 4.98 Å². The number of sulfone groups is 1. The monoisotopic (exact) mass is 730 g/mol. The number of hydrogen-bond acceptors (Lipinski definition) is 9. The summed E-state index contributed by atoms with van der Waals surface area (Å²) in [5, 5.41) is 7.47. The van der Waals surface area contributed by atoms with Gasteiger partial charge >= 0.3 is 6.09 Å². The molecule has 0 aliphatic carbocycles. The number of anilines is 3. The number of benzene rings is 3. The van der Waals surface area contributed by atoms with Crippen LogP contribution in [0.25, 0.3) is 16.8 Å². The van der Waals surface area contributed by atoms with Crippen LogP contribution in [0.2, 0.25) is 0 Å². The zero-order valence-electron chi connectivity index (χ0n) is 29.7. The molecule has 0 aliphatic rings. The Kier molecular flexibility index (Phi) is 10.7. The van der Waals surface area contributed by atoms with Crippen LogP contribution in [0.5, 0.6) is 5.75 Å². The van der Waals surface area contributed by atoms with Gasteiger partial charge in [-0.05, 0) is 87.4 Å². The fraction of sp³-hybridized carbons (Fsp3) is 0.270. The van der Waals surface area contributed by atoms with Crippen molar-refractivity contribution in [2.24, 2.45) is 0 Å². The van der Waals surface area contributed by atoms with Crippen LogP contribution in [-0.4, -0.2) is 78.4 Å². The number of carbonyl (C=O) groups excluding carboxylic acids is 3. The Bertz CT molecular complexity index is 2230. The molecule has 0 spiro atoms. The zero-order valence-corrected chi connectivity index (χ0v) is 30.6. The third-order valence-electron chi connectivity index (χ3n) is 7.92. The number of ether oxygens (including phenoxy) is 2. The summed E-state index contributed by atoms with van der Waals surface area (Å²) in [5.74, 6) is -1.72. The van der Waals surface area contributed by atoms with Crippen molar-refractivity contribution in [3.8, 4) is 16.9 Å². The van der Waals surface area contributed by atoms with Crippen molar-refractivity contribution in [3.05, 3.63) is 96.4 Å². The molecule has 15 heteroatoms. The van der Waals surface area contributed by atoms with Gasteiger partial charge in [0.15, 0.2) is 15.5 Å². The number of rotatable bonds is 10. The molecular formula is C37H39FN6O7S. The van der Waals surface area contributed by atoms with E-state index < -0.39 is 39.9 Å². The lowest BCUT2D eigenvalue weighted by molar-refractivity contribution is -0.119. The summed E-state index contributed by atoms with van der Waals surface area (Å²) in [5.41, 5.74) is 2.57. The fourth-order valence-electron chi connectivity index (χ4n) is 5.14. The summed E-state index contributed by atoms with van der Waals surface area (Å²) in [7, 11) is -0.851. The third kappa shape index (κ3) is 8.72. The molecule has 5 aromatic rings. The molecule has 0 bridgehead atoms. The number of halogens is 1. The highest BCUT2D eigenvalue weighted by molar-refractivity contribution is 7.90. The first-order valence-electron chi connectivity index (χ1n) is 16.1. The first kappa shape index (κ1) is 37.4. The second-order valence-electron chi connectivity index (χ2n) is 13.1. The van der Waals surface area contributed by atoms with E-state index in [1.54, 1.807) is 64.2 Å². The van der Waals surface area contributed by atoms with Gasteiger partial charge in [0.05, 0.1) is 23.6 Å². The average Bonchev–Trinajstić information content (AvgIpc) is 3.50. The van der Waals surface area contributed by atoms with Crippen LogP contribution in [-0.2, 0) is 24.2 Å². The second-order valence-corrected chi connectivity index (χ2v) is 15.2. The second kappa shape index (κ2) is 14.8. The average molecular weight is 731 g/mol. The first-order valence-corrected chi connectivity index (χ1v) is 18.0. The van der Waals surface area contributed by atoms with Crippen molar-refractivity contribution in [2.45, 2.75) is 44.1 Å². The molecule has 5 rings (SSSR count). The van der Waals surface area contributed by atoms with E-state index in [0.29, 0.717) is 16.9 Å². The van der Waals surface area contributed by atoms with E-state index in [1.165, 1.54) is 49.0 Å². The molecule has 1 N–H and O–H groups in total. The third-order valence-corrected chi connectivity index (χ3v) is 9.03. The van der Waals surface area contributed by atoms with Crippen molar-refractivity contribution in [3.63, 3.8) is 0 Å². The minimum Gasteiger partial charge on any atom is -0.495 e. The van der Waals surface area contributed by atoms with Gasteiger partial charge in [-0.3, -0.25) is 9.59 Å². The number of methoxy groups -OCH3 is 1. The number of nitrogens with zero attached hydrogens (tertiary/aromatic N) is 5. The molecule has 13 nitrogen and oxygen atoms in total. The molecule has 2 heterocycles. The number of nitrogens with one attached hydrogen (secondary N) is 1. The molecule has 1 atom stereocenters. The molecule has 1 unspecified atom stereocenters. The van der Waals surface area contributed by atoms with E-state index in [1.807, 2.05) is 18.2 Å². The Morgan fingerprint density at radius 2 is 1.62 bits per heavy atom. The van der Waals surface area contributed by atoms with Crippen LogP contribution in [0, 0.1) is 5.82 Å². The van der Waals surface area contributed by atoms with E-state index >= 15 is 0 Å². The summed E-state index contributed by atoms with van der Waals surface area (Å²) in [6.07, 6.45) is 2.05. The Labute approximate surface area is 300 Å². The number of likely N-dealkylation sites (N-methyl/N-ethyl adjacent to an activating group) is 1. The number of fused-ring (bicyclic) bond motifs is 1. The van der Waals surface area contributed by atoms with Gasteiger partial charge in [0.2, 0.25) is 5.91 Å². The number of carbonyl (C=O) groups is 3. The van der Waals surface area contributed by atoms with Gasteiger partial charge in [-0.25, -0.2) is 27.0 Å². The lowest BCUT2D eigenvalue weighted by Gasteiger charge is -2.27. The lowest BCUT2D eigenvalue weighted by atomic mass is 10.00. The number of amides is 3. The first-order chi connectivity index (χ1) is 24.4. The quantitative estimate of drug-likeness (QED) is 0.177. The predicted octanol–water partition coefficient (Wildman–Crippen LogP) is 6.22. The molecule has 52 heavy (non-hydrogen) atoms. The highest BCUT2D eigenvalue weighted by Gasteiger charge is 2.30. The lowest BCUT2D eigenvalue weighted by Crippen LogP contribution is -2.42. The normalized spacial score (nSPS) is 12.2. The maximum Gasteiger partial charge on any atom is 0.410 e. The van der Waals surface area contributed by atoms with Gasteiger partial charge in [0, 0.05) is 36.8 Å². The summed E-state index contributed by atoms with van der Waals surface area (Å²) in [6, 6.07) is 20.6. The Morgan fingerprint density at radius 3 is 2.23 bits per heavy atom. The zero-order chi connectivity index (χ0) is 38.0. The maximum atomic E-state index is 14.0. The summed E-state index contributed by atoms with van der Waals surface area (Å²) >= 11 is 0. The van der Waals surface area contributed by atoms with Crippen LogP contribution in [0.1, 0.15) is 39.2 Å². The van der Waals surface area contributed by atoms with Gasteiger partial charge in [0.1, 0.15) is 23.7 Å². The van der Waals surface area contributed by atoms with E-state index in [-0.39, 0.29) is 34.0 Å². The summed E-state index contributed by atoms with van der Waals surface area (Å²) in [6.45, 7) is 6.44. The van der Waals surface area contributed by atoms with Crippen LogP contribution >= 0.6 is 0 Å². The van der Waals surface area contributed by atoms with Crippen molar-refractivity contribution < 1.29 is 36.7 Å². The topological polar surface area (TPSA) is 153 Å². The Balaban J connectivity index is 1.44. The predicted molar refractivity (Wildman–Crippen MR) is 194 cm³/mol. The SMILES string of the molecule is COc1cc(S(C)(=O)=O)ccc1N(C(=O)CN(C)C(=O)OC(C)(C)C)c1nc2ccc(-c3ccc(NC(=O)C(C)c4ccc(F)cc4)cc3)cn2n1. The highest BCUT2D eigenvalue weighted by Crippen LogP contribution is 2.35. The van der Waals surface area contributed by atoms with Crippen molar-refractivity contribution in [1.29, 1.82) is 0 Å². The summed E-state index contributed by atoms with van der Waals surface area (Å²) < 4.78 is 50.3. The van der Waals surface area contributed by atoms with Crippen molar-refractivity contribution >= 4 is 50.7 Å². The minimum atomic E-state index is -3.61. The van der Waals surface area contributed by atoms with E-state index in [2.05, 4.69) is 15.4 Å². The smallest absolute Gasteiger partial charge is 0.410 e. The highest BCUT2D eigenvalue weighted by atomic mass is 32.2. The van der Waals surface area contributed by atoms with Gasteiger partial charge < -0.3 is 19.7 Å². The Morgan fingerprint density at radius 1 is 0.962 bits per heavy atom. The molecule has 0 fully saturated rings. The summed E-state index contributed by atoms with van der Waals surface area (Å²) in [4.78, 5) is 46.3. The number of aromatic nitrogens is 3. The number of pyridine rings is 1. The van der Waals surface area contributed by atoms with Crippen LogP contribution in [0.4, 0.5) is 26.5 Å². The fourth-order valence-corrected chi connectivity index (χ4v) is 5.78. The van der Waals surface area contributed by atoms with Crippen LogP contribution in [0.3, 0.4) is 0 Å². The standard InChI is InChI=1S/C37H39FN6O7S/c1-23(24-8-13-27(38)14-9-24)34(46)39-28-15-10-25(11-16-28)26-12-19-32-40-35(41-43(32)21-26)44(33(45)22-42(5)36(47)51-37(2,3)4)30-18-17-29(52(7,48)49)20-31(30)50-6/h8-21,23H,22H2,1-7H3,(H,39,46). The maximum absolute atomic E-state index is 14.0. The molecule has 3 aromatic carbocycles. The minimum absolute atomic E-state index is 0.0213. The molecule has 272 valence electrons. The van der Waals surface area contributed by atoms with Gasteiger partial charge in [0.25, 0.3) is 11.9 Å². The van der Waals surface area contributed by atoms with Crippen LogP contribution in [0.15, 0.2) is 90.0 Å². The molecular weight excluding hydrogens is 692 g/mol. The molecule has 0 saturated heterocycles. The van der Waals surface area contributed by atoms with Crippen LogP contribution < -0.4 is 15.0 Å². The number of hydrogen-bond donors (Lipinski definition) is 1. The van der Waals surface area contributed by atoms with Crippen molar-refractivity contribution in [2.75, 3.05) is 37.2 Å². The van der Waals surface area contributed by atoms with Gasteiger partial charge in [-0.15, -0.1) is 5.10 Å². The molecule has 0 aliphatic heterocycles. The molecule has 3 amide bonds. The largest absolute Gasteiger partial charge is 0.495 e. The van der Waals surface area contributed by atoms with Crippen molar-refractivity contribution in [1.82, 2.24) is 19.5 Å². The van der Waals surface area contributed by atoms with Gasteiger partial charge in [-0.1, -0.05) is 24.3 Å².